The number of nitrogens with one attached hydrogen (secondary N) is 1. The molecule has 0 radical (unpaired) electrons. The second kappa shape index (κ2) is 7.15. The summed E-state index contributed by atoms with van der Waals surface area (Å²) >= 11 is 3.07. The van der Waals surface area contributed by atoms with Crippen LogP contribution in [0.25, 0.3) is 0 Å². The Morgan fingerprint density at radius 3 is 2.78 bits per heavy atom. The Labute approximate surface area is 145 Å². The number of alkyl halides is 3. The van der Waals surface area contributed by atoms with Crippen molar-refractivity contribution in [3.8, 4) is 5.75 Å². The lowest BCUT2D eigenvalue weighted by atomic mass is 10.1. The zero-order chi connectivity index (χ0) is 15.7. The summed E-state index contributed by atoms with van der Waals surface area (Å²) < 4.78 is 50.9. The first-order valence-corrected chi connectivity index (χ1v) is 7.55. The van der Waals surface area contributed by atoms with Gasteiger partial charge in [-0.3, -0.25) is 0 Å². The second-order valence-electron chi connectivity index (χ2n) is 5.01. The molecule has 1 atom stereocenters. The topological polar surface area (TPSA) is 34.4 Å². The Kier molecular flexibility index (Phi) is 5.65. The van der Waals surface area contributed by atoms with Gasteiger partial charge in [-0.15, -0.1) is 12.4 Å². The highest BCUT2D eigenvalue weighted by molar-refractivity contribution is 9.10. The molecule has 2 heterocycles. The first kappa shape index (κ1) is 18.2. The van der Waals surface area contributed by atoms with E-state index in [1.807, 2.05) is 0 Å². The molecular formula is C15H14BrClF3NO2. The highest BCUT2D eigenvalue weighted by Gasteiger charge is 2.35. The molecule has 2 aromatic rings. The van der Waals surface area contributed by atoms with Crippen molar-refractivity contribution >= 4 is 28.3 Å². The zero-order valence-electron chi connectivity index (χ0n) is 11.8. The quantitative estimate of drug-likeness (QED) is 0.745. The van der Waals surface area contributed by atoms with Crippen LogP contribution in [0.3, 0.4) is 0 Å². The molecule has 1 aromatic carbocycles. The van der Waals surface area contributed by atoms with Crippen molar-refractivity contribution in [3.05, 3.63) is 51.9 Å². The monoisotopic (exact) mass is 411 g/mol. The molecule has 1 aliphatic heterocycles. The molecule has 0 aliphatic carbocycles. The molecule has 126 valence electrons. The summed E-state index contributed by atoms with van der Waals surface area (Å²) in [6.07, 6.45) is -2.84. The Morgan fingerprint density at radius 2 is 2.04 bits per heavy atom. The van der Waals surface area contributed by atoms with E-state index in [4.69, 9.17) is 9.15 Å². The van der Waals surface area contributed by atoms with E-state index in [2.05, 4.69) is 21.2 Å². The summed E-state index contributed by atoms with van der Waals surface area (Å²) in [7, 11) is 0. The average Bonchev–Trinajstić information content (AvgIpc) is 2.83. The summed E-state index contributed by atoms with van der Waals surface area (Å²) in [5.74, 6) is 0.530. The number of benzene rings is 1. The average molecular weight is 413 g/mol. The first-order valence-electron chi connectivity index (χ1n) is 6.75. The minimum absolute atomic E-state index is 0. The van der Waals surface area contributed by atoms with Gasteiger partial charge < -0.3 is 14.5 Å². The number of ether oxygens (including phenoxy) is 1. The summed E-state index contributed by atoms with van der Waals surface area (Å²) in [4.78, 5) is 0. The van der Waals surface area contributed by atoms with Crippen molar-refractivity contribution in [2.75, 3.05) is 6.54 Å². The van der Waals surface area contributed by atoms with Crippen molar-refractivity contribution in [2.45, 2.75) is 25.2 Å². The van der Waals surface area contributed by atoms with E-state index in [1.54, 1.807) is 6.07 Å². The standard InChI is InChI=1S/C15H13BrF3NO2.ClH/c16-9-1-2-13(11(7-9)15(17,18)19)22-12-3-5-20-8-14-10(12)4-6-21-14;/h1-2,4,6-7,12,20H,3,5,8H2;1H. The SMILES string of the molecule is Cl.FC(F)(F)c1cc(Br)ccc1OC1CCNCc2occc21. The van der Waals surface area contributed by atoms with Gasteiger partial charge in [0.25, 0.3) is 0 Å². The molecule has 0 fully saturated rings. The van der Waals surface area contributed by atoms with Gasteiger partial charge in [-0.1, -0.05) is 15.9 Å². The molecule has 3 nitrogen and oxygen atoms in total. The van der Waals surface area contributed by atoms with Gasteiger partial charge in [0.15, 0.2) is 0 Å². The fraction of sp³-hybridized carbons (Fsp3) is 0.333. The van der Waals surface area contributed by atoms with Gasteiger partial charge in [-0.05, 0) is 30.8 Å². The van der Waals surface area contributed by atoms with Crippen LogP contribution in [0, 0.1) is 0 Å². The fourth-order valence-electron chi connectivity index (χ4n) is 2.47. The predicted molar refractivity (Wildman–Crippen MR) is 84.8 cm³/mol. The Balaban J connectivity index is 0.00000192. The van der Waals surface area contributed by atoms with E-state index in [1.165, 1.54) is 18.4 Å². The number of furan rings is 1. The van der Waals surface area contributed by atoms with Crippen LogP contribution in [0.4, 0.5) is 13.2 Å². The smallest absolute Gasteiger partial charge is 0.420 e. The van der Waals surface area contributed by atoms with Gasteiger partial charge in [0, 0.05) is 16.5 Å². The van der Waals surface area contributed by atoms with E-state index in [0.717, 1.165) is 11.6 Å². The van der Waals surface area contributed by atoms with Crippen LogP contribution in [-0.4, -0.2) is 6.54 Å². The van der Waals surface area contributed by atoms with Gasteiger partial charge in [0.2, 0.25) is 0 Å². The van der Waals surface area contributed by atoms with Crippen LogP contribution in [0.5, 0.6) is 5.75 Å². The van der Waals surface area contributed by atoms with E-state index in [-0.39, 0.29) is 18.2 Å². The van der Waals surface area contributed by atoms with Crippen molar-refractivity contribution in [1.29, 1.82) is 0 Å². The minimum Gasteiger partial charge on any atom is -0.485 e. The minimum atomic E-state index is -4.47. The number of halogens is 5. The lowest BCUT2D eigenvalue weighted by Crippen LogP contribution is -2.15. The fourth-order valence-corrected chi connectivity index (χ4v) is 2.83. The van der Waals surface area contributed by atoms with Gasteiger partial charge in [-0.2, -0.15) is 13.2 Å². The number of hydrogen-bond donors (Lipinski definition) is 1. The molecule has 1 N–H and O–H groups in total. The molecule has 0 bridgehead atoms. The van der Waals surface area contributed by atoms with Crippen molar-refractivity contribution < 1.29 is 22.3 Å². The molecule has 0 amide bonds. The van der Waals surface area contributed by atoms with Gasteiger partial charge in [0.05, 0.1) is 18.4 Å². The molecule has 0 saturated heterocycles. The Hall–Kier alpha value is -1.18. The largest absolute Gasteiger partial charge is 0.485 e. The number of fused-ring (bicyclic) bond motifs is 1. The molecule has 1 aliphatic rings. The maximum atomic E-state index is 13.2. The van der Waals surface area contributed by atoms with Crippen LogP contribution in [0.15, 0.2) is 39.4 Å². The maximum absolute atomic E-state index is 13.2. The first-order chi connectivity index (χ1) is 10.4. The third-order valence-corrected chi connectivity index (χ3v) is 4.01. The van der Waals surface area contributed by atoms with Crippen LogP contribution in [0.1, 0.15) is 29.4 Å². The highest BCUT2D eigenvalue weighted by atomic mass is 79.9. The molecule has 0 saturated carbocycles. The summed E-state index contributed by atoms with van der Waals surface area (Å²) in [6, 6.07) is 5.65. The molecule has 8 heteroatoms. The summed E-state index contributed by atoms with van der Waals surface area (Å²) in [5.41, 5.74) is 0.00479. The highest BCUT2D eigenvalue weighted by Crippen LogP contribution is 2.40. The molecule has 0 spiro atoms. The molecule has 23 heavy (non-hydrogen) atoms. The van der Waals surface area contributed by atoms with Crippen LogP contribution < -0.4 is 10.1 Å². The molecule has 1 unspecified atom stereocenters. The van der Waals surface area contributed by atoms with Gasteiger partial charge in [-0.25, -0.2) is 0 Å². The summed E-state index contributed by atoms with van der Waals surface area (Å²) in [5, 5.41) is 3.16. The Morgan fingerprint density at radius 1 is 1.26 bits per heavy atom. The van der Waals surface area contributed by atoms with Crippen LogP contribution in [-0.2, 0) is 12.7 Å². The van der Waals surface area contributed by atoms with E-state index in [0.29, 0.717) is 29.7 Å². The van der Waals surface area contributed by atoms with Crippen molar-refractivity contribution in [1.82, 2.24) is 5.32 Å². The van der Waals surface area contributed by atoms with Crippen LogP contribution >= 0.6 is 28.3 Å². The van der Waals surface area contributed by atoms with Gasteiger partial charge in [0.1, 0.15) is 17.6 Å². The molecular weight excluding hydrogens is 399 g/mol. The molecule has 3 rings (SSSR count). The predicted octanol–water partition coefficient (Wildman–Crippen LogP) is 5.10. The normalized spacial score (nSPS) is 17.8. The summed E-state index contributed by atoms with van der Waals surface area (Å²) in [6.45, 7) is 1.20. The lowest BCUT2D eigenvalue weighted by molar-refractivity contribution is -0.139. The molecule has 1 aromatic heterocycles. The van der Waals surface area contributed by atoms with Crippen molar-refractivity contribution in [2.24, 2.45) is 0 Å². The second-order valence-corrected chi connectivity index (χ2v) is 5.92. The van der Waals surface area contributed by atoms with Gasteiger partial charge >= 0.3 is 6.18 Å². The maximum Gasteiger partial charge on any atom is 0.420 e. The third-order valence-electron chi connectivity index (χ3n) is 3.51. The Bertz CT molecular complexity index is 675. The zero-order valence-corrected chi connectivity index (χ0v) is 14.2. The van der Waals surface area contributed by atoms with E-state index >= 15 is 0 Å². The van der Waals surface area contributed by atoms with E-state index in [9.17, 15) is 13.2 Å². The van der Waals surface area contributed by atoms with Crippen molar-refractivity contribution in [3.63, 3.8) is 0 Å². The third kappa shape index (κ3) is 4.02. The lowest BCUT2D eigenvalue weighted by Gasteiger charge is -2.20. The number of rotatable bonds is 2. The number of hydrogen-bond acceptors (Lipinski definition) is 3. The van der Waals surface area contributed by atoms with E-state index < -0.39 is 17.8 Å². The van der Waals surface area contributed by atoms with Crippen LogP contribution in [0.2, 0.25) is 0 Å².